The summed E-state index contributed by atoms with van der Waals surface area (Å²) < 4.78 is 5.65. The summed E-state index contributed by atoms with van der Waals surface area (Å²) in [4.78, 5) is 4.23. The lowest BCUT2D eigenvalue weighted by Crippen LogP contribution is -2.24. The molecule has 1 aromatic carbocycles. The molecular weight excluding hydrogens is 214 g/mol. The molecule has 0 aliphatic heterocycles. The molecule has 0 saturated heterocycles. The summed E-state index contributed by atoms with van der Waals surface area (Å²) in [6, 6.07) is 8.10. The van der Waals surface area contributed by atoms with Gasteiger partial charge in [0.1, 0.15) is 0 Å². The lowest BCUT2D eigenvalue weighted by molar-refractivity contribution is 0.421. The first-order valence-electron chi connectivity index (χ1n) is 5.36. The SMILES string of the molecule is C=C(/N=C/c1ccccc1C)O[Si](C)(C)C. The Morgan fingerprint density at radius 3 is 2.50 bits per heavy atom. The van der Waals surface area contributed by atoms with E-state index >= 15 is 0 Å². The molecule has 2 nitrogen and oxygen atoms in total. The molecule has 0 spiro atoms. The second kappa shape index (κ2) is 5.12. The fourth-order valence-corrected chi connectivity index (χ4v) is 2.01. The molecule has 0 N–H and O–H groups in total. The van der Waals surface area contributed by atoms with Crippen LogP contribution >= 0.6 is 0 Å². The van der Waals surface area contributed by atoms with Gasteiger partial charge in [0.05, 0.1) is 0 Å². The van der Waals surface area contributed by atoms with Crippen LogP contribution in [0.25, 0.3) is 0 Å². The van der Waals surface area contributed by atoms with E-state index in [0.717, 1.165) is 5.56 Å². The van der Waals surface area contributed by atoms with Crippen LogP contribution in [0.4, 0.5) is 0 Å². The molecule has 1 aromatic rings. The highest BCUT2D eigenvalue weighted by Gasteiger charge is 2.16. The Morgan fingerprint density at radius 1 is 1.31 bits per heavy atom. The highest BCUT2D eigenvalue weighted by molar-refractivity contribution is 6.70. The average molecular weight is 233 g/mol. The van der Waals surface area contributed by atoms with Crippen molar-refractivity contribution in [2.45, 2.75) is 26.6 Å². The second-order valence-corrected chi connectivity index (χ2v) is 9.15. The van der Waals surface area contributed by atoms with E-state index in [4.69, 9.17) is 4.43 Å². The van der Waals surface area contributed by atoms with Crippen molar-refractivity contribution in [1.29, 1.82) is 0 Å². The largest absolute Gasteiger partial charge is 0.532 e. The number of hydrogen-bond donors (Lipinski definition) is 0. The average Bonchev–Trinajstić information content (AvgIpc) is 2.14. The highest BCUT2D eigenvalue weighted by Crippen LogP contribution is 2.10. The van der Waals surface area contributed by atoms with Crippen LogP contribution in [-0.4, -0.2) is 14.5 Å². The van der Waals surface area contributed by atoms with Crippen LogP contribution in [0, 0.1) is 6.92 Å². The van der Waals surface area contributed by atoms with Crippen LogP contribution in [0.1, 0.15) is 11.1 Å². The molecule has 0 amide bonds. The second-order valence-electron chi connectivity index (χ2n) is 4.72. The molecule has 0 atom stereocenters. The Labute approximate surface area is 98.8 Å². The van der Waals surface area contributed by atoms with E-state index in [1.54, 1.807) is 6.21 Å². The van der Waals surface area contributed by atoms with Crippen LogP contribution in [0.2, 0.25) is 19.6 Å². The first-order chi connectivity index (χ1) is 7.38. The van der Waals surface area contributed by atoms with E-state index in [1.807, 2.05) is 18.2 Å². The van der Waals surface area contributed by atoms with Gasteiger partial charge in [0, 0.05) is 6.21 Å². The van der Waals surface area contributed by atoms with E-state index in [-0.39, 0.29) is 0 Å². The first kappa shape index (κ1) is 12.7. The number of aryl methyl sites for hydroxylation is 1. The summed E-state index contributed by atoms with van der Waals surface area (Å²) in [5.41, 5.74) is 2.30. The van der Waals surface area contributed by atoms with Crippen molar-refractivity contribution in [2.24, 2.45) is 4.99 Å². The van der Waals surface area contributed by atoms with E-state index < -0.39 is 8.32 Å². The molecule has 0 aliphatic rings. The molecule has 86 valence electrons. The van der Waals surface area contributed by atoms with Gasteiger partial charge in [-0.05, 0) is 44.3 Å². The molecule has 3 heteroatoms. The smallest absolute Gasteiger partial charge is 0.244 e. The fourth-order valence-electron chi connectivity index (χ4n) is 1.25. The molecule has 1 rings (SSSR count). The third-order valence-electron chi connectivity index (χ3n) is 1.96. The monoisotopic (exact) mass is 233 g/mol. The van der Waals surface area contributed by atoms with Gasteiger partial charge in [-0.2, -0.15) is 0 Å². The number of hydrogen-bond acceptors (Lipinski definition) is 2. The van der Waals surface area contributed by atoms with Crippen molar-refractivity contribution in [3.8, 4) is 0 Å². The van der Waals surface area contributed by atoms with Crippen molar-refractivity contribution in [3.63, 3.8) is 0 Å². The summed E-state index contributed by atoms with van der Waals surface area (Å²) in [6.45, 7) is 12.2. The third kappa shape index (κ3) is 4.44. The number of aliphatic imine (C=N–C) groups is 1. The maximum absolute atomic E-state index is 5.65. The van der Waals surface area contributed by atoms with Gasteiger partial charge in [0.15, 0.2) is 5.88 Å². The Bertz CT molecular complexity index is 405. The van der Waals surface area contributed by atoms with Crippen LogP contribution in [0.5, 0.6) is 0 Å². The van der Waals surface area contributed by atoms with E-state index in [0.29, 0.717) is 5.88 Å². The topological polar surface area (TPSA) is 21.6 Å². The standard InChI is InChI=1S/C13H19NOSi/c1-11-8-6-7-9-13(11)10-14-12(2)15-16(3,4)5/h6-10H,2H2,1,3-5H3/b14-10+. The zero-order chi connectivity index (χ0) is 12.2. The zero-order valence-corrected chi connectivity index (χ0v) is 11.4. The predicted octanol–water partition coefficient (Wildman–Crippen LogP) is 3.74. The molecule has 16 heavy (non-hydrogen) atoms. The minimum Gasteiger partial charge on any atom is -0.532 e. The maximum Gasteiger partial charge on any atom is 0.244 e. The van der Waals surface area contributed by atoms with Gasteiger partial charge < -0.3 is 4.43 Å². The number of benzene rings is 1. The van der Waals surface area contributed by atoms with Crippen molar-refractivity contribution in [1.82, 2.24) is 0 Å². The van der Waals surface area contributed by atoms with Crippen LogP contribution < -0.4 is 0 Å². The molecule has 0 unspecified atom stereocenters. The molecule has 0 radical (unpaired) electrons. The van der Waals surface area contributed by atoms with E-state index in [9.17, 15) is 0 Å². The molecule has 0 bridgehead atoms. The van der Waals surface area contributed by atoms with Crippen molar-refractivity contribution < 1.29 is 4.43 Å². The van der Waals surface area contributed by atoms with Gasteiger partial charge >= 0.3 is 0 Å². The summed E-state index contributed by atoms with van der Waals surface area (Å²) >= 11 is 0. The molecule has 0 saturated carbocycles. The Hall–Kier alpha value is -1.35. The molecular formula is C13H19NOSi. The minimum absolute atomic E-state index is 0.502. The van der Waals surface area contributed by atoms with Crippen molar-refractivity contribution in [2.75, 3.05) is 0 Å². The van der Waals surface area contributed by atoms with Crippen molar-refractivity contribution >= 4 is 14.5 Å². The van der Waals surface area contributed by atoms with Gasteiger partial charge in [0.2, 0.25) is 8.32 Å². The number of rotatable bonds is 4. The summed E-state index contributed by atoms with van der Waals surface area (Å²) in [7, 11) is -1.59. The van der Waals surface area contributed by atoms with Crippen LogP contribution in [0.3, 0.4) is 0 Å². The summed E-state index contributed by atoms with van der Waals surface area (Å²) in [5, 5.41) is 0. The molecule has 0 aromatic heterocycles. The van der Waals surface area contributed by atoms with Crippen molar-refractivity contribution in [3.05, 3.63) is 47.9 Å². The fraction of sp³-hybridized carbons (Fsp3) is 0.308. The predicted molar refractivity (Wildman–Crippen MR) is 72.3 cm³/mol. The van der Waals surface area contributed by atoms with Gasteiger partial charge in [-0.3, -0.25) is 0 Å². The van der Waals surface area contributed by atoms with E-state index in [2.05, 4.69) is 44.2 Å². The van der Waals surface area contributed by atoms with Gasteiger partial charge in [-0.1, -0.05) is 24.3 Å². The van der Waals surface area contributed by atoms with Gasteiger partial charge in [0.25, 0.3) is 0 Å². The quantitative estimate of drug-likeness (QED) is 0.441. The van der Waals surface area contributed by atoms with Gasteiger partial charge in [-0.15, -0.1) is 0 Å². The van der Waals surface area contributed by atoms with Crippen LogP contribution in [0.15, 0.2) is 41.7 Å². The zero-order valence-electron chi connectivity index (χ0n) is 10.4. The normalized spacial score (nSPS) is 11.8. The Morgan fingerprint density at radius 2 is 1.94 bits per heavy atom. The minimum atomic E-state index is -1.59. The Balaban J connectivity index is 2.68. The molecule has 0 fully saturated rings. The number of nitrogens with zero attached hydrogens (tertiary/aromatic N) is 1. The lowest BCUT2D eigenvalue weighted by atomic mass is 10.1. The summed E-state index contributed by atoms with van der Waals surface area (Å²) in [5.74, 6) is 0.502. The van der Waals surface area contributed by atoms with E-state index in [1.165, 1.54) is 5.56 Å². The van der Waals surface area contributed by atoms with Gasteiger partial charge in [-0.25, -0.2) is 4.99 Å². The molecule has 0 heterocycles. The highest BCUT2D eigenvalue weighted by atomic mass is 28.4. The van der Waals surface area contributed by atoms with Crippen LogP contribution in [-0.2, 0) is 4.43 Å². The molecule has 0 aliphatic carbocycles. The first-order valence-corrected chi connectivity index (χ1v) is 8.77. The Kier molecular flexibility index (Phi) is 4.07. The third-order valence-corrected chi connectivity index (χ3v) is 2.81. The summed E-state index contributed by atoms with van der Waals surface area (Å²) in [6.07, 6.45) is 1.80. The maximum atomic E-state index is 5.65. The lowest BCUT2D eigenvalue weighted by Gasteiger charge is -2.17.